The third-order valence-electron chi connectivity index (χ3n) is 3.85. The van der Waals surface area contributed by atoms with Crippen LogP contribution in [0.5, 0.6) is 0 Å². The summed E-state index contributed by atoms with van der Waals surface area (Å²) < 4.78 is 3.97. The summed E-state index contributed by atoms with van der Waals surface area (Å²) >= 11 is 0. The third-order valence-corrected chi connectivity index (χ3v) is 3.85. The first-order chi connectivity index (χ1) is 8.99. The van der Waals surface area contributed by atoms with Gasteiger partial charge < -0.3 is 0 Å². The second kappa shape index (κ2) is 5.59. The van der Waals surface area contributed by atoms with E-state index in [0.717, 1.165) is 12.8 Å². The van der Waals surface area contributed by atoms with Gasteiger partial charge in [0, 0.05) is 25.0 Å². The summed E-state index contributed by atoms with van der Waals surface area (Å²) in [6, 6.07) is 0.437. The molecule has 0 amide bonds. The first kappa shape index (κ1) is 13.8. The van der Waals surface area contributed by atoms with Gasteiger partial charge in [0.15, 0.2) is 0 Å². The predicted molar refractivity (Wildman–Crippen MR) is 77.3 cm³/mol. The molecule has 0 N–H and O–H groups in total. The van der Waals surface area contributed by atoms with Gasteiger partial charge in [0.05, 0.1) is 12.4 Å². The molecule has 2 aromatic heterocycles. The summed E-state index contributed by atoms with van der Waals surface area (Å²) in [7, 11) is 2.00. The molecule has 1 unspecified atom stereocenters. The second-order valence-corrected chi connectivity index (χ2v) is 5.67. The highest BCUT2D eigenvalue weighted by Crippen LogP contribution is 2.23. The third kappa shape index (κ3) is 3.06. The van der Waals surface area contributed by atoms with E-state index in [9.17, 15) is 0 Å². The number of rotatable bonds is 5. The van der Waals surface area contributed by atoms with Crippen LogP contribution in [0.15, 0.2) is 18.6 Å². The van der Waals surface area contributed by atoms with Gasteiger partial charge in [-0.1, -0.05) is 6.92 Å². The van der Waals surface area contributed by atoms with Crippen molar-refractivity contribution in [1.82, 2.24) is 19.6 Å². The first-order valence-corrected chi connectivity index (χ1v) is 7.00. The molecular formula is C15H24N4. The van der Waals surface area contributed by atoms with Gasteiger partial charge in [0.2, 0.25) is 0 Å². The Morgan fingerprint density at radius 2 is 1.89 bits per heavy atom. The summed E-state index contributed by atoms with van der Waals surface area (Å²) in [5.41, 5.74) is 3.95. The van der Waals surface area contributed by atoms with E-state index in [2.05, 4.69) is 44.1 Å². The molecular weight excluding hydrogens is 236 g/mol. The fraction of sp³-hybridized carbons (Fsp3) is 0.600. The van der Waals surface area contributed by atoms with Gasteiger partial charge in [-0.15, -0.1) is 0 Å². The molecule has 2 rings (SSSR count). The maximum Gasteiger partial charge on any atom is 0.0527 e. The van der Waals surface area contributed by atoms with Crippen LogP contribution in [0.2, 0.25) is 0 Å². The Morgan fingerprint density at radius 1 is 1.16 bits per heavy atom. The summed E-state index contributed by atoms with van der Waals surface area (Å²) in [6.07, 6.45) is 8.35. The van der Waals surface area contributed by atoms with E-state index in [4.69, 9.17) is 0 Å². The molecule has 0 spiro atoms. The van der Waals surface area contributed by atoms with Crippen LogP contribution < -0.4 is 0 Å². The standard InChI is InChI=1S/C15H24N4/c1-11(2)19-10-14(8-17-19)7-6-12(3)15-9-16-18(5)13(15)4/h8-12H,6-7H2,1-5H3. The zero-order valence-electron chi connectivity index (χ0n) is 12.6. The summed E-state index contributed by atoms with van der Waals surface area (Å²) in [4.78, 5) is 0. The molecule has 0 saturated heterocycles. The molecule has 4 nitrogen and oxygen atoms in total. The number of hydrogen-bond acceptors (Lipinski definition) is 2. The quantitative estimate of drug-likeness (QED) is 0.827. The van der Waals surface area contributed by atoms with Crippen LogP contribution in [0.4, 0.5) is 0 Å². The Morgan fingerprint density at radius 3 is 2.42 bits per heavy atom. The highest BCUT2D eigenvalue weighted by molar-refractivity contribution is 5.20. The highest BCUT2D eigenvalue weighted by Gasteiger charge is 2.12. The molecule has 0 radical (unpaired) electrons. The number of aromatic nitrogens is 4. The average Bonchev–Trinajstić information content (AvgIpc) is 2.95. The molecule has 0 bridgehead atoms. The highest BCUT2D eigenvalue weighted by atomic mass is 15.3. The van der Waals surface area contributed by atoms with Gasteiger partial charge in [0.1, 0.15) is 0 Å². The lowest BCUT2D eigenvalue weighted by Crippen LogP contribution is -2.00. The van der Waals surface area contributed by atoms with Crippen molar-refractivity contribution in [1.29, 1.82) is 0 Å². The molecule has 0 aliphatic rings. The van der Waals surface area contributed by atoms with Crippen LogP contribution in [0, 0.1) is 6.92 Å². The molecule has 2 aromatic rings. The Bertz CT molecular complexity index is 536. The van der Waals surface area contributed by atoms with Crippen LogP contribution in [-0.2, 0) is 13.5 Å². The molecule has 4 heteroatoms. The molecule has 0 fully saturated rings. The largest absolute Gasteiger partial charge is 0.273 e. The molecule has 19 heavy (non-hydrogen) atoms. The molecule has 104 valence electrons. The second-order valence-electron chi connectivity index (χ2n) is 5.67. The van der Waals surface area contributed by atoms with E-state index < -0.39 is 0 Å². The van der Waals surface area contributed by atoms with E-state index in [0.29, 0.717) is 12.0 Å². The van der Waals surface area contributed by atoms with E-state index in [1.807, 2.05) is 28.8 Å². The van der Waals surface area contributed by atoms with Gasteiger partial charge in [-0.3, -0.25) is 9.36 Å². The predicted octanol–water partition coefficient (Wildman–Crippen LogP) is 3.24. The van der Waals surface area contributed by atoms with E-state index in [1.54, 1.807) is 0 Å². The molecule has 1 atom stereocenters. The van der Waals surface area contributed by atoms with Crippen LogP contribution in [0.25, 0.3) is 0 Å². The fourth-order valence-electron chi connectivity index (χ4n) is 2.33. The molecule has 0 aliphatic carbocycles. The Hall–Kier alpha value is -1.58. The summed E-state index contributed by atoms with van der Waals surface area (Å²) in [6.45, 7) is 8.71. The lowest BCUT2D eigenvalue weighted by Gasteiger charge is -2.10. The molecule has 0 saturated carbocycles. The van der Waals surface area contributed by atoms with Crippen molar-refractivity contribution in [2.45, 2.75) is 52.5 Å². The zero-order valence-corrected chi connectivity index (χ0v) is 12.6. The molecule has 0 aromatic carbocycles. The minimum atomic E-state index is 0.437. The van der Waals surface area contributed by atoms with Gasteiger partial charge in [0.25, 0.3) is 0 Å². The van der Waals surface area contributed by atoms with Crippen molar-refractivity contribution >= 4 is 0 Å². The fourth-order valence-corrected chi connectivity index (χ4v) is 2.33. The van der Waals surface area contributed by atoms with Gasteiger partial charge in [-0.25, -0.2) is 0 Å². The minimum absolute atomic E-state index is 0.437. The van der Waals surface area contributed by atoms with Gasteiger partial charge >= 0.3 is 0 Å². The van der Waals surface area contributed by atoms with Crippen LogP contribution in [0.3, 0.4) is 0 Å². The first-order valence-electron chi connectivity index (χ1n) is 7.00. The van der Waals surface area contributed by atoms with Crippen molar-refractivity contribution in [3.8, 4) is 0 Å². The monoisotopic (exact) mass is 260 g/mol. The number of hydrogen-bond donors (Lipinski definition) is 0. The molecule has 2 heterocycles. The zero-order chi connectivity index (χ0) is 14.0. The van der Waals surface area contributed by atoms with E-state index >= 15 is 0 Å². The topological polar surface area (TPSA) is 35.6 Å². The smallest absolute Gasteiger partial charge is 0.0527 e. The summed E-state index contributed by atoms with van der Waals surface area (Å²) in [5, 5.41) is 8.71. The van der Waals surface area contributed by atoms with Gasteiger partial charge in [-0.05, 0) is 50.7 Å². The lowest BCUT2D eigenvalue weighted by molar-refractivity contribution is 0.531. The van der Waals surface area contributed by atoms with Crippen molar-refractivity contribution in [3.05, 3.63) is 35.4 Å². The maximum atomic E-state index is 4.39. The van der Waals surface area contributed by atoms with E-state index in [1.165, 1.54) is 16.8 Å². The van der Waals surface area contributed by atoms with Crippen molar-refractivity contribution < 1.29 is 0 Å². The van der Waals surface area contributed by atoms with Crippen molar-refractivity contribution in [3.63, 3.8) is 0 Å². The number of aryl methyl sites for hydroxylation is 2. The van der Waals surface area contributed by atoms with Crippen LogP contribution >= 0.6 is 0 Å². The minimum Gasteiger partial charge on any atom is -0.273 e. The Labute approximate surface area is 115 Å². The van der Waals surface area contributed by atoms with Crippen LogP contribution in [-0.4, -0.2) is 19.6 Å². The van der Waals surface area contributed by atoms with Gasteiger partial charge in [-0.2, -0.15) is 10.2 Å². The summed E-state index contributed by atoms with van der Waals surface area (Å²) in [5.74, 6) is 0.538. The normalized spacial score (nSPS) is 13.2. The lowest BCUT2D eigenvalue weighted by atomic mass is 9.95. The molecule has 0 aliphatic heterocycles. The van der Waals surface area contributed by atoms with E-state index in [-0.39, 0.29) is 0 Å². The Kier molecular flexibility index (Phi) is 4.08. The Balaban J connectivity index is 1.96. The van der Waals surface area contributed by atoms with Crippen molar-refractivity contribution in [2.24, 2.45) is 7.05 Å². The average molecular weight is 260 g/mol. The maximum absolute atomic E-state index is 4.39. The van der Waals surface area contributed by atoms with Crippen molar-refractivity contribution in [2.75, 3.05) is 0 Å². The SMILES string of the molecule is Cc1c(C(C)CCc2cnn(C(C)C)c2)cnn1C. The number of nitrogens with zero attached hydrogens (tertiary/aromatic N) is 4. The van der Waals surface area contributed by atoms with Crippen LogP contribution in [0.1, 0.15) is 56.0 Å².